The highest BCUT2D eigenvalue weighted by atomic mass is 16.6. The maximum atomic E-state index is 12.7. The van der Waals surface area contributed by atoms with Crippen LogP contribution in [0, 0.1) is 5.92 Å². The lowest BCUT2D eigenvalue weighted by molar-refractivity contribution is -0.133. The number of carbonyl (C=O) groups is 2. The first-order valence-corrected chi connectivity index (χ1v) is 7.82. The van der Waals surface area contributed by atoms with E-state index >= 15 is 0 Å². The van der Waals surface area contributed by atoms with Crippen LogP contribution in [0.3, 0.4) is 0 Å². The summed E-state index contributed by atoms with van der Waals surface area (Å²) in [7, 11) is 0. The maximum absolute atomic E-state index is 12.7. The molecule has 1 aliphatic rings. The first-order chi connectivity index (χ1) is 10.7. The number of benzene rings is 1. The molecular weight excluding hydrogens is 278 g/mol. The molecule has 0 bridgehead atoms. The minimum Gasteiger partial charge on any atom is -0.447 e. The Hall–Kier alpha value is -2.10. The number of imide groups is 1. The van der Waals surface area contributed by atoms with Gasteiger partial charge in [-0.3, -0.25) is 4.79 Å². The van der Waals surface area contributed by atoms with Gasteiger partial charge in [0.1, 0.15) is 6.61 Å². The second-order valence-electron chi connectivity index (χ2n) is 5.64. The molecule has 1 aromatic rings. The van der Waals surface area contributed by atoms with Crippen LogP contribution in [0.4, 0.5) is 4.79 Å². The zero-order valence-electron chi connectivity index (χ0n) is 13.0. The van der Waals surface area contributed by atoms with Crippen LogP contribution in [-0.2, 0) is 16.0 Å². The minimum atomic E-state index is -0.518. The minimum absolute atomic E-state index is 0.134. The molecule has 1 unspecified atom stereocenters. The molecule has 0 saturated carbocycles. The molecule has 2 atom stereocenters. The molecule has 1 aliphatic heterocycles. The summed E-state index contributed by atoms with van der Waals surface area (Å²) in [6.45, 7) is 6.02. The van der Waals surface area contributed by atoms with Crippen LogP contribution in [0.25, 0.3) is 0 Å². The Bertz CT molecular complexity index is 526. The molecule has 2 rings (SSSR count). The Balaban J connectivity index is 2.12. The molecule has 0 aliphatic carbocycles. The summed E-state index contributed by atoms with van der Waals surface area (Å²) in [5.41, 5.74) is 1.10. The molecule has 4 nitrogen and oxygen atoms in total. The highest BCUT2D eigenvalue weighted by molar-refractivity contribution is 5.94. The summed E-state index contributed by atoms with van der Waals surface area (Å²) in [4.78, 5) is 26.0. The van der Waals surface area contributed by atoms with Crippen LogP contribution < -0.4 is 0 Å². The van der Waals surface area contributed by atoms with E-state index in [9.17, 15) is 9.59 Å². The van der Waals surface area contributed by atoms with Crippen molar-refractivity contribution in [2.45, 2.75) is 38.6 Å². The number of carbonyl (C=O) groups excluding carboxylic acids is 2. The van der Waals surface area contributed by atoms with E-state index in [-0.39, 0.29) is 24.5 Å². The van der Waals surface area contributed by atoms with Gasteiger partial charge in [0.25, 0.3) is 0 Å². The zero-order valence-corrected chi connectivity index (χ0v) is 13.0. The van der Waals surface area contributed by atoms with Gasteiger partial charge >= 0.3 is 6.09 Å². The van der Waals surface area contributed by atoms with Gasteiger partial charge in [-0.2, -0.15) is 0 Å². The van der Waals surface area contributed by atoms with Crippen LogP contribution in [0.15, 0.2) is 43.0 Å². The number of hydrogen-bond acceptors (Lipinski definition) is 3. The van der Waals surface area contributed by atoms with Crippen LogP contribution in [0.2, 0.25) is 0 Å². The van der Waals surface area contributed by atoms with Crippen molar-refractivity contribution >= 4 is 12.0 Å². The predicted molar refractivity (Wildman–Crippen MR) is 85.3 cm³/mol. The van der Waals surface area contributed by atoms with Gasteiger partial charge in [0.05, 0.1) is 6.04 Å². The van der Waals surface area contributed by atoms with Crippen molar-refractivity contribution in [3.8, 4) is 0 Å². The summed E-state index contributed by atoms with van der Waals surface area (Å²) in [6.07, 6.45) is 4.10. The number of cyclic esters (lactones) is 1. The Kier molecular flexibility index (Phi) is 5.75. The van der Waals surface area contributed by atoms with Crippen LogP contribution >= 0.6 is 0 Å². The van der Waals surface area contributed by atoms with Gasteiger partial charge in [-0.05, 0) is 24.8 Å². The van der Waals surface area contributed by atoms with Crippen molar-refractivity contribution in [2.75, 3.05) is 6.61 Å². The summed E-state index contributed by atoms with van der Waals surface area (Å²) in [6, 6.07) is 9.64. The molecule has 118 valence electrons. The molecule has 1 heterocycles. The van der Waals surface area contributed by atoms with Crippen molar-refractivity contribution in [3.05, 3.63) is 48.6 Å². The Morgan fingerprint density at radius 2 is 2.18 bits per heavy atom. The number of allylic oxidation sites excluding steroid dienone is 1. The highest BCUT2D eigenvalue weighted by Gasteiger charge is 2.40. The number of amides is 2. The fourth-order valence-electron chi connectivity index (χ4n) is 2.86. The van der Waals surface area contributed by atoms with Gasteiger partial charge in [0, 0.05) is 5.92 Å². The monoisotopic (exact) mass is 301 g/mol. The number of nitrogens with zero attached hydrogens (tertiary/aromatic N) is 1. The Morgan fingerprint density at radius 3 is 2.82 bits per heavy atom. The molecular formula is C18H23NO3. The largest absolute Gasteiger partial charge is 0.447 e. The van der Waals surface area contributed by atoms with Gasteiger partial charge in [0.2, 0.25) is 5.91 Å². The van der Waals surface area contributed by atoms with Crippen molar-refractivity contribution in [3.63, 3.8) is 0 Å². The fraction of sp³-hybridized carbons (Fsp3) is 0.444. The third-order valence-corrected chi connectivity index (χ3v) is 3.95. The molecule has 1 aromatic carbocycles. The molecule has 1 saturated heterocycles. The number of rotatable bonds is 7. The standard InChI is InChI=1S/C18H23NO3/c1-3-8-15(9-4-2)17(20)19-16(13-22-18(19)21)12-14-10-6-5-7-11-14/h3,5-7,10-11,15-16H,1,4,8-9,12-13H2,2H3/t15-,16?/m0/s1. The van der Waals surface area contributed by atoms with Gasteiger partial charge in [-0.1, -0.05) is 49.8 Å². The third kappa shape index (κ3) is 3.75. The summed E-state index contributed by atoms with van der Waals surface area (Å²) in [5, 5.41) is 0. The summed E-state index contributed by atoms with van der Waals surface area (Å²) < 4.78 is 5.12. The van der Waals surface area contributed by atoms with E-state index in [1.807, 2.05) is 37.3 Å². The predicted octanol–water partition coefficient (Wildman–Crippen LogP) is 3.57. The van der Waals surface area contributed by atoms with Crippen LogP contribution in [0.1, 0.15) is 31.7 Å². The average Bonchev–Trinajstić information content (AvgIpc) is 2.88. The van der Waals surface area contributed by atoms with E-state index in [1.54, 1.807) is 6.08 Å². The van der Waals surface area contributed by atoms with Crippen molar-refractivity contribution in [1.29, 1.82) is 0 Å². The number of ether oxygens (including phenoxy) is 1. The van der Waals surface area contributed by atoms with E-state index in [4.69, 9.17) is 4.74 Å². The zero-order chi connectivity index (χ0) is 15.9. The Morgan fingerprint density at radius 1 is 1.45 bits per heavy atom. The van der Waals surface area contributed by atoms with Crippen molar-refractivity contribution in [2.24, 2.45) is 5.92 Å². The summed E-state index contributed by atoms with van der Waals surface area (Å²) >= 11 is 0. The third-order valence-electron chi connectivity index (χ3n) is 3.95. The molecule has 22 heavy (non-hydrogen) atoms. The highest BCUT2D eigenvalue weighted by Crippen LogP contribution is 2.23. The maximum Gasteiger partial charge on any atom is 0.416 e. The lowest BCUT2D eigenvalue weighted by atomic mass is 9.97. The van der Waals surface area contributed by atoms with Crippen molar-refractivity contribution < 1.29 is 14.3 Å². The molecule has 0 spiro atoms. The first kappa shape index (κ1) is 16.3. The van der Waals surface area contributed by atoms with E-state index in [0.717, 1.165) is 18.4 Å². The lowest BCUT2D eigenvalue weighted by Crippen LogP contribution is -2.43. The first-order valence-electron chi connectivity index (χ1n) is 7.82. The molecule has 2 amide bonds. The lowest BCUT2D eigenvalue weighted by Gasteiger charge is -2.24. The second-order valence-corrected chi connectivity index (χ2v) is 5.64. The molecule has 0 radical (unpaired) electrons. The normalized spacial score (nSPS) is 18.9. The van der Waals surface area contributed by atoms with E-state index < -0.39 is 6.09 Å². The number of hydrogen-bond donors (Lipinski definition) is 0. The average molecular weight is 301 g/mol. The second kappa shape index (κ2) is 7.78. The smallest absolute Gasteiger partial charge is 0.416 e. The van der Waals surface area contributed by atoms with Gasteiger partial charge in [0.15, 0.2) is 0 Å². The van der Waals surface area contributed by atoms with E-state index in [1.165, 1.54) is 4.90 Å². The van der Waals surface area contributed by atoms with Crippen LogP contribution in [0.5, 0.6) is 0 Å². The Labute approximate surface area is 131 Å². The fourth-order valence-corrected chi connectivity index (χ4v) is 2.86. The molecule has 4 heteroatoms. The summed E-state index contributed by atoms with van der Waals surface area (Å²) in [5.74, 6) is -0.323. The van der Waals surface area contributed by atoms with Gasteiger partial charge < -0.3 is 4.74 Å². The molecule has 0 N–H and O–H groups in total. The van der Waals surface area contributed by atoms with E-state index in [2.05, 4.69) is 6.58 Å². The van der Waals surface area contributed by atoms with E-state index in [0.29, 0.717) is 12.8 Å². The van der Waals surface area contributed by atoms with Crippen LogP contribution in [-0.4, -0.2) is 29.5 Å². The molecule has 1 fully saturated rings. The SMILES string of the molecule is C=CC[C@@H](CCC)C(=O)N1C(=O)OCC1Cc1ccccc1. The van der Waals surface area contributed by atoms with Gasteiger partial charge in [-0.15, -0.1) is 6.58 Å². The molecule has 0 aromatic heterocycles. The van der Waals surface area contributed by atoms with Gasteiger partial charge in [-0.25, -0.2) is 9.69 Å². The van der Waals surface area contributed by atoms with Crippen molar-refractivity contribution in [1.82, 2.24) is 4.90 Å². The quantitative estimate of drug-likeness (QED) is 0.723. The topological polar surface area (TPSA) is 46.6 Å².